The summed E-state index contributed by atoms with van der Waals surface area (Å²) in [5.41, 5.74) is 4.67. The van der Waals surface area contributed by atoms with Gasteiger partial charge in [-0.2, -0.15) is 0 Å². The van der Waals surface area contributed by atoms with Crippen molar-refractivity contribution in [2.75, 3.05) is 18.9 Å². The van der Waals surface area contributed by atoms with Gasteiger partial charge in [-0.1, -0.05) is 73.7 Å². The third kappa shape index (κ3) is 7.36. The number of nitrogens with one attached hydrogen (secondary N) is 1. The Morgan fingerprint density at radius 3 is 2.30 bits per heavy atom. The molecule has 5 rings (SSSR count). The number of pyridine rings is 1. The average molecular weight is 582 g/mol. The second kappa shape index (κ2) is 14.0. The van der Waals surface area contributed by atoms with E-state index in [1.807, 2.05) is 92.8 Å². The number of aromatic nitrogens is 1. The number of anilines is 1. The second-order valence-corrected chi connectivity index (χ2v) is 11.2. The zero-order valence-corrected chi connectivity index (χ0v) is 24.7. The van der Waals surface area contributed by atoms with E-state index in [-0.39, 0.29) is 36.7 Å². The Kier molecular flexibility index (Phi) is 9.97. The summed E-state index contributed by atoms with van der Waals surface area (Å²) in [7, 11) is 2.00. The van der Waals surface area contributed by atoms with Crippen LogP contribution in [-0.4, -0.2) is 51.7 Å². The molecule has 1 fully saturated rings. The van der Waals surface area contributed by atoms with Crippen LogP contribution in [0.1, 0.15) is 65.0 Å². The number of amides is 1. The molecule has 2 heterocycles. The molecule has 1 aliphatic rings. The molecule has 0 aliphatic carbocycles. The molecule has 0 spiro atoms. The van der Waals surface area contributed by atoms with Crippen LogP contribution in [0.15, 0.2) is 103 Å². The summed E-state index contributed by atoms with van der Waals surface area (Å²) in [6, 6.07) is 28.2. The highest BCUT2D eigenvalue weighted by Gasteiger charge is 2.39. The van der Waals surface area contributed by atoms with Crippen LogP contribution in [-0.2, 0) is 16.1 Å². The Morgan fingerprint density at radius 2 is 1.65 bits per heavy atom. The summed E-state index contributed by atoms with van der Waals surface area (Å²) in [5, 5.41) is 23.5. The van der Waals surface area contributed by atoms with Crippen molar-refractivity contribution in [3.8, 4) is 0 Å². The number of hydrogen-bond acceptors (Lipinski definition) is 7. The molecule has 3 N–H and O–H groups in total. The smallest absolute Gasteiger partial charge is 0.257 e. The van der Waals surface area contributed by atoms with Crippen molar-refractivity contribution in [1.82, 2.24) is 9.88 Å². The van der Waals surface area contributed by atoms with Gasteiger partial charge in [0.15, 0.2) is 6.29 Å². The lowest BCUT2D eigenvalue weighted by molar-refractivity contribution is -0.276. The predicted molar refractivity (Wildman–Crippen MR) is 165 cm³/mol. The molecular weight excluding hydrogens is 542 g/mol. The molecule has 0 unspecified atom stereocenters. The van der Waals surface area contributed by atoms with Gasteiger partial charge in [-0.3, -0.25) is 14.7 Å². The van der Waals surface area contributed by atoms with Crippen molar-refractivity contribution in [1.29, 1.82) is 0 Å². The van der Waals surface area contributed by atoms with Gasteiger partial charge in [0.2, 0.25) is 0 Å². The van der Waals surface area contributed by atoms with Crippen molar-refractivity contribution < 1.29 is 24.5 Å². The maximum absolute atomic E-state index is 12.6. The number of nitrogens with zero attached hydrogens (tertiary/aromatic N) is 2. The molecule has 4 aromatic rings. The molecule has 1 aliphatic heterocycles. The van der Waals surface area contributed by atoms with E-state index in [0.717, 1.165) is 22.3 Å². The minimum Gasteiger partial charge on any atom is -0.392 e. The lowest BCUT2D eigenvalue weighted by atomic mass is 9.89. The van der Waals surface area contributed by atoms with Crippen molar-refractivity contribution >= 4 is 11.6 Å². The fraction of sp³-hybridized carbons (Fsp3) is 0.314. The van der Waals surface area contributed by atoms with Crippen molar-refractivity contribution in [3.63, 3.8) is 0 Å². The van der Waals surface area contributed by atoms with E-state index in [9.17, 15) is 15.0 Å². The summed E-state index contributed by atoms with van der Waals surface area (Å²) in [5.74, 6) is -0.237. The molecule has 0 radical (unpaired) electrons. The molecular formula is C35H39N3O5. The summed E-state index contributed by atoms with van der Waals surface area (Å²) < 4.78 is 13.2. The van der Waals surface area contributed by atoms with E-state index in [1.54, 1.807) is 18.3 Å². The largest absolute Gasteiger partial charge is 0.392 e. The molecule has 1 saturated heterocycles. The van der Waals surface area contributed by atoms with E-state index >= 15 is 0 Å². The van der Waals surface area contributed by atoms with Crippen LogP contribution < -0.4 is 5.32 Å². The van der Waals surface area contributed by atoms with E-state index < -0.39 is 12.4 Å². The summed E-state index contributed by atoms with van der Waals surface area (Å²) in [6.45, 7) is 4.69. The van der Waals surface area contributed by atoms with Gasteiger partial charge in [-0.15, -0.1) is 0 Å². The molecule has 8 heteroatoms. The van der Waals surface area contributed by atoms with Gasteiger partial charge in [0.05, 0.1) is 30.5 Å². The number of aliphatic hydroxyl groups is 2. The standard InChI is InChI=1S/C35H39N3O5/c1-23-31(21-38(3)24(2)32(40)26-8-5-4-6-9-26)42-35(43-33(23)27-13-11-25(22-39)12-14-27)28-15-17-30(18-16-28)37-34(41)29-10-7-19-36-20-29/h4-20,23-24,31-33,35,39-40H,21-22H2,1-3H3,(H,37,41)/t23-,24-,31+,32-,33+,35+/m1/s1. The highest BCUT2D eigenvalue weighted by atomic mass is 16.7. The van der Waals surface area contributed by atoms with Crippen LogP contribution in [0, 0.1) is 5.92 Å². The minimum atomic E-state index is -0.645. The van der Waals surface area contributed by atoms with E-state index in [4.69, 9.17) is 9.47 Å². The number of benzene rings is 3. The van der Waals surface area contributed by atoms with Crippen LogP contribution in [0.5, 0.6) is 0 Å². The number of carbonyl (C=O) groups is 1. The first-order valence-electron chi connectivity index (χ1n) is 14.6. The topological polar surface area (TPSA) is 104 Å². The van der Waals surface area contributed by atoms with Gasteiger partial charge in [0.1, 0.15) is 0 Å². The SMILES string of the molecule is C[C@@H]1[C@H](CN(C)[C@H](C)[C@@H](O)c2ccccc2)O[C@H](c2ccc(NC(=O)c3cccnc3)cc2)O[C@@H]1c1ccc(CO)cc1. The molecule has 8 nitrogen and oxygen atoms in total. The zero-order valence-electron chi connectivity index (χ0n) is 24.7. The third-order valence-corrected chi connectivity index (χ3v) is 8.25. The monoisotopic (exact) mass is 581 g/mol. The first kappa shape index (κ1) is 30.5. The van der Waals surface area contributed by atoms with Crippen molar-refractivity contribution in [2.45, 2.75) is 51.1 Å². The molecule has 43 heavy (non-hydrogen) atoms. The lowest BCUT2D eigenvalue weighted by Gasteiger charge is -2.43. The van der Waals surface area contributed by atoms with Gasteiger partial charge >= 0.3 is 0 Å². The van der Waals surface area contributed by atoms with Crippen LogP contribution in [0.25, 0.3) is 0 Å². The number of carbonyl (C=O) groups excluding carboxylic acids is 1. The normalized spacial score (nSPS) is 21.7. The van der Waals surface area contributed by atoms with Gasteiger partial charge in [-0.05, 0) is 54.9 Å². The minimum absolute atomic E-state index is 0.00205. The van der Waals surface area contributed by atoms with Crippen LogP contribution in [0.4, 0.5) is 5.69 Å². The Hall–Kier alpha value is -3.92. The number of ether oxygens (including phenoxy) is 2. The molecule has 224 valence electrons. The van der Waals surface area contributed by atoms with E-state index in [1.165, 1.54) is 6.20 Å². The van der Waals surface area contributed by atoms with Crippen LogP contribution in [0.2, 0.25) is 0 Å². The quantitative estimate of drug-likeness (QED) is 0.222. The number of aliphatic hydroxyl groups excluding tert-OH is 2. The van der Waals surface area contributed by atoms with Crippen LogP contribution in [0.3, 0.4) is 0 Å². The fourth-order valence-electron chi connectivity index (χ4n) is 5.37. The Bertz CT molecular complexity index is 1450. The third-order valence-electron chi connectivity index (χ3n) is 8.25. The Morgan fingerprint density at radius 1 is 0.953 bits per heavy atom. The van der Waals surface area contributed by atoms with Gasteiger partial charge in [0.25, 0.3) is 5.91 Å². The van der Waals surface area contributed by atoms with E-state index in [0.29, 0.717) is 17.8 Å². The zero-order chi connectivity index (χ0) is 30.3. The summed E-state index contributed by atoms with van der Waals surface area (Å²) in [6.07, 6.45) is 1.40. The fourth-order valence-corrected chi connectivity index (χ4v) is 5.37. The molecule has 1 aromatic heterocycles. The van der Waals surface area contributed by atoms with Gasteiger partial charge in [0, 0.05) is 42.1 Å². The van der Waals surface area contributed by atoms with Gasteiger partial charge in [-0.25, -0.2) is 0 Å². The van der Waals surface area contributed by atoms with Crippen molar-refractivity contribution in [3.05, 3.63) is 131 Å². The predicted octanol–water partition coefficient (Wildman–Crippen LogP) is 5.67. The molecule has 3 aromatic carbocycles. The van der Waals surface area contributed by atoms with Crippen molar-refractivity contribution in [2.24, 2.45) is 5.92 Å². The average Bonchev–Trinajstić information content (AvgIpc) is 3.06. The van der Waals surface area contributed by atoms with E-state index in [2.05, 4.69) is 22.1 Å². The molecule has 1 amide bonds. The molecule has 6 atom stereocenters. The maximum atomic E-state index is 12.6. The first-order valence-corrected chi connectivity index (χ1v) is 14.6. The number of rotatable bonds is 10. The Labute approximate surface area is 252 Å². The summed E-state index contributed by atoms with van der Waals surface area (Å²) in [4.78, 5) is 18.7. The number of hydrogen-bond donors (Lipinski definition) is 3. The maximum Gasteiger partial charge on any atom is 0.257 e. The summed E-state index contributed by atoms with van der Waals surface area (Å²) >= 11 is 0. The molecule has 0 saturated carbocycles. The second-order valence-electron chi connectivity index (χ2n) is 11.2. The highest BCUT2D eigenvalue weighted by Crippen LogP contribution is 2.42. The van der Waals surface area contributed by atoms with Gasteiger partial charge < -0.3 is 25.0 Å². The highest BCUT2D eigenvalue weighted by molar-refractivity contribution is 6.04. The number of likely N-dealkylation sites (N-methyl/N-ethyl adjacent to an activating group) is 1. The first-order chi connectivity index (χ1) is 20.8. The van der Waals surface area contributed by atoms with Crippen LogP contribution >= 0.6 is 0 Å². The lowest BCUT2D eigenvalue weighted by Crippen LogP contribution is -2.46. The Balaban J connectivity index is 1.35. The molecule has 0 bridgehead atoms.